The maximum absolute atomic E-state index is 14.5. The second-order valence-electron chi connectivity index (χ2n) is 5.84. The van der Waals surface area contributed by atoms with Crippen molar-refractivity contribution >= 4 is 23.2 Å². The van der Waals surface area contributed by atoms with E-state index in [1.54, 1.807) is 34.4 Å². The molecular weight excluding hydrogens is 323 g/mol. The number of ketones is 1. The molecule has 5 heteroatoms. The Labute approximate surface area is 143 Å². The third-order valence-electron chi connectivity index (χ3n) is 4.36. The van der Waals surface area contributed by atoms with E-state index in [0.717, 1.165) is 22.6 Å². The minimum absolute atomic E-state index is 0.0499. The van der Waals surface area contributed by atoms with E-state index in [1.807, 2.05) is 30.6 Å². The highest BCUT2D eigenvalue weighted by Gasteiger charge is 2.25. The van der Waals surface area contributed by atoms with E-state index >= 15 is 0 Å². The van der Waals surface area contributed by atoms with Gasteiger partial charge >= 0.3 is 0 Å². The Hall–Kier alpha value is -2.53. The van der Waals surface area contributed by atoms with Crippen LogP contribution >= 0.6 is 11.3 Å². The van der Waals surface area contributed by atoms with Crippen molar-refractivity contribution in [3.63, 3.8) is 0 Å². The van der Waals surface area contributed by atoms with Gasteiger partial charge in [0.05, 0.1) is 11.8 Å². The molecule has 24 heavy (non-hydrogen) atoms. The molecule has 0 unspecified atom stereocenters. The number of benzene rings is 1. The van der Waals surface area contributed by atoms with Crippen LogP contribution in [-0.2, 0) is 13.5 Å². The molecule has 120 valence electrons. The lowest BCUT2D eigenvalue weighted by Crippen LogP contribution is -2.15. The minimum atomic E-state index is -0.307. The first kappa shape index (κ1) is 15.0. The van der Waals surface area contributed by atoms with Crippen molar-refractivity contribution in [1.82, 2.24) is 9.78 Å². The van der Waals surface area contributed by atoms with Gasteiger partial charge in [-0.25, -0.2) is 4.39 Å². The molecular formula is C19H15FN2OS. The summed E-state index contributed by atoms with van der Waals surface area (Å²) >= 11 is 1.58. The Balaban J connectivity index is 1.68. The van der Waals surface area contributed by atoms with Crippen LogP contribution in [0.15, 0.2) is 47.5 Å². The van der Waals surface area contributed by atoms with E-state index in [2.05, 4.69) is 5.10 Å². The van der Waals surface area contributed by atoms with Crippen LogP contribution in [0, 0.1) is 5.82 Å². The fourth-order valence-electron chi connectivity index (χ4n) is 3.05. The van der Waals surface area contributed by atoms with Crippen molar-refractivity contribution in [2.24, 2.45) is 7.05 Å². The van der Waals surface area contributed by atoms with Crippen molar-refractivity contribution < 1.29 is 9.18 Å². The second-order valence-corrected chi connectivity index (χ2v) is 6.79. The van der Waals surface area contributed by atoms with E-state index in [1.165, 1.54) is 6.07 Å². The summed E-state index contributed by atoms with van der Waals surface area (Å²) in [7, 11) is 1.84. The third kappa shape index (κ3) is 2.51. The van der Waals surface area contributed by atoms with Crippen LogP contribution in [0.2, 0.25) is 0 Å². The highest BCUT2D eigenvalue weighted by Crippen LogP contribution is 2.29. The molecule has 3 nitrogen and oxygen atoms in total. The Kier molecular flexibility index (Phi) is 3.65. The monoisotopic (exact) mass is 338 g/mol. The molecule has 2 aromatic heterocycles. The van der Waals surface area contributed by atoms with E-state index in [4.69, 9.17) is 0 Å². The molecule has 0 fully saturated rings. The zero-order valence-corrected chi connectivity index (χ0v) is 13.9. The number of fused-ring (bicyclic) bond motifs is 1. The Morgan fingerprint density at radius 2 is 2.17 bits per heavy atom. The topological polar surface area (TPSA) is 34.9 Å². The highest BCUT2D eigenvalue weighted by atomic mass is 32.1. The van der Waals surface area contributed by atoms with Gasteiger partial charge in [-0.3, -0.25) is 9.48 Å². The van der Waals surface area contributed by atoms with Crippen LogP contribution in [-0.4, -0.2) is 15.6 Å². The molecule has 1 aliphatic carbocycles. The molecule has 1 aromatic carbocycles. The standard InChI is InChI=1S/C19H15FN2OS/c1-22-17-7-6-14(19(23)15(17)11-21-22)9-12-4-5-13(10-16(12)20)18-3-2-8-24-18/h2-5,8-11H,6-7H2,1H3. The van der Waals surface area contributed by atoms with Gasteiger partial charge in [-0.05, 0) is 42.0 Å². The van der Waals surface area contributed by atoms with Crippen LogP contribution in [0.3, 0.4) is 0 Å². The number of allylic oxidation sites excluding steroid dienone is 1. The number of Topliss-reactive ketones (excluding diaryl/α,β-unsaturated/α-hetero) is 1. The first-order valence-electron chi connectivity index (χ1n) is 7.73. The van der Waals surface area contributed by atoms with Gasteiger partial charge in [-0.15, -0.1) is 11.3 Å². The molecule has 0 N–H and O–H groups in total. The first-order valence-corrected chi connectivity index (χ1v) is 8.61. The quantitative estimate of drug-likeness (QED) is 0.645. The molecule has 0 atom stereocenters. The van der Waals surface area contributed by atoms with Crippen molar-refractivity contribution in [2.45, 2.75) is 12.8 Å². The molecule has 0 aliphatic heterocycles. The number of aromatic nitrogens is 2. The van der Waals surface area contributed by atoms with E-state index < -0.39 is 0 Å². The summed E-state index contributed by atoms with van der Waals surface area (Å²) in [6, 6.07) is 9.07. The molecule has 0 saturated carbocycles. The number of thiophene rings is 1. The highest BCUT2D eigenvalue weighted by molar-refractivity contribution is 7.13. The molecule has 0 saturated heterocycles. The van der Waals surface area contributed by atoms with Gasteiger partial charge in [0.15, 0.2) is 5.78 Å². The number of hydrogen-bond donors (Lipinski definition) is 0. The number of rotatable bonds is 2. The summed E-state index contributed by atoms with van der Waals surface area (Å²) in [6.07, 6.45) is 4.63. The largest absolute Gasteiger partial charge is 0.289 e. The van der Waals surface area contributed by atoms with E-state index in [0.29, 0.717) is 23.1 Å². The smallest absolute Gasteiger partial charge is 0.192 e. The van der Waals surface area contributed by atoms with Gasteiger partial charge in [-0.1, -0.05) is 18.2 Å². The Morgan fingerprint density at radius 3 is 2.92 bits per heavy atom. The maximum atomic E-state index is 14.5. The Bertz CT molecular complexity index is 954. The average Bonchev–Trinajstić information content (AvgIpc) is 3.22. The molecule has 4 rings (SSSR count). The van der Waals surface area contributed by atoms with Crippen molar-refractivity contribution in [3.05, 3.63) is 70.1 Å². The summed E-state index contributed by atoms with van der Waals surface area (Å²) in [6.45, 7) is 0. The molecule has 2 heterocycles. The summed E-state index contributed by atoms with van der Waals surface area (Å²) in [4.78, 5) is 13.6. The predicted molar refractivity (Wildman–Crippen MR) is 93.5 cm³/mol. The third-order valence-corrected chi connectivity index (χ3v) is 5.28. The van der Waals surface area contributed by atoms with Gasteiger partial charge in [0.25, 0.3) is 0 Å². The predicted octanol–water partition coefficient (Wildman–Crippen LogP) is 4.50. The van der Waals surface area contributed by atoms with E-state index in [9.17, 15) is 9.18 Å². The van der Waals surface area contributed by atoms with Crippen LogP contribution in [0.4, 0.5) is 4.39 Å². The van der Waals surface area contributed by atoms with Crippen LogP contribution in [0.25, 0.3) is 16.5 Å². The lowest BCUT2D eigenvalue weighted by molar-refractivity contribution is 0.102. The fourth-order valence-corrected chi connectivity index (χ4v) is 3.78. The Morgan fingerprint density at radius 1 is 1.29 bits per heavy atom. The minimum Gasteiger partial charge on any atom is -0.289 e. The number of halogens is 1. The van der Waals surface area contributed by atoms with Gasteiger partial charge < -0.3 is 0 Å². The molecule has 0 amide bonds. The normalized spacial score (nSPS) is 15.8. The lowest BCUT2D eigenvalue weighted by Gasteiger charge is -2.14. The van der Waals surface area contributed by atoms with Crippen molar-refractivity contribution in [3.8, 4) is 10.4 Å². The number of carbonyl (C=O) groups excluding carboxylic acids is 1. The SMILES string of the molecule is Cn1ncc2c1CCC(=Cc1ccc(-c3cccs3)cc1F)C2=O. The average molecular weight is 338 g/mol. The van der Waals surface area contributed by atoms with Gasteiger partial charge in [0, 0.05) is 28.8 Å². The molecule has 3 aromatic rings. The molecule has 0 radical (unpaired) electrons. The number of hydrogen-bond acceptors (Lipinski definition) is 3. The van der Waals surface area contributed by atoms with Crippen LogP contribution < -0.4 is 0 Å². The van der Waals surface area contributed by atoms with Gasteiger partial charge in [0.2, 0.25) is 0 Å². The van der Waals surface area contributed by atoms with Gasteiger partial charge in [0.1, 0.15) is 5.82 Å². The zero-order chi connectivity index (χ0) is 16.7. The van der Waals surface area contributed by atoms with Crippen LogP contribution in [0.5, 0.6) is 0 Å². The zero-order valence-electron chi connectivity index (χ0n) is 13.1. The number of aryl methyl sites for hydroxylation is 1. The summed E-state index contributed by atoms with van der Waals surface area (Å²) in [5.41, 5.74) is 3.52. The fraction of sp³-hybridized carbons (Fsp3) is 0.158. The maximum Gasteiger partial charge on any atom is 0.192 e. The molecule has 1 aliphatic rings. The number of carbonyl (C=O) groups is 1. The number of nitrogens with zero attached hydrogens (tertiary/aromatic N) is 2. The van der Waals surface area contributed by atoms with Gasteiger partial charge in [-0.2, -0.15) is 5.10 Å². The van der Waals surface area contributed by atoms with Crippen LogP contribution in [0.1, 0.15) is 28.0 Å². The van der Waals surface area contributed by atoms with Crippen molar-refractivity contribution in [1.29, 1.82) is 0 Å². The summed E-state index contributed by atoms with van der Waals surface area (Å²) in [5, 5.41) is 6.11. The first-order chi connectivity index (χ1) is 11.6. The second kappa shape index (κ2) is 5.83. The molecule has 0 spiro atoms. The van der Waals surface area contributed by atoms with E-state index in [-0.39, 0.29) is 11.6 Å². The summed E-state index contributed by atoms with van der Waals surface area (Å²) in [5.74, 6) is -0.357. The molecule has 0 bridgehead atoms. The van der Waals surface area contributed by atoms with Crippen molar-refractivity contribution in [2.75, 3.05) is 0 Å². The summed E-state index contributed by atoms with van der Waals surface area (Å²) < 4.78 is 16.2. The lowest BCUT2D eigenvalue weighted by atomic mass is 9.90.